The van der Waals surface area contributed by atoms with Gasteiger partial charge in [0.1, 0.15) is 0 Å². The Morgan fingerprint density at radius 1 is 0.870 bits per heavy atom. The predicted molar refractivity (Wildman–Crippen MR) is 103 cm³/mol. The van der Waals surface area contributed by atoms with Gasteiger partial charge < -0.3 is 0 Å². The molecule has 0 aromatic rings. The van der Waals surface area contributed by atoms with Crippen molar-refractivity contribution in [3.05, 3.63) is 0 Å². The van der Waals surface area contributed by atoms with E-state index in [4.69, 9.17) is 9.47 Å². The molecule has 0 aliphatic carbocycles. The molecular formula is C19H41NO2Sn. The van der Waals surface area contributed by atoms with Gasteiger partial charge in [-0.1, -0.05) is 0 Å². The van der Waals surface area contributed by atoms with Gasteiger partial charge >= 0.3 is 149 Å². The fraction of sp³-hybridized carbons (Fsp3) is 1.00. The second kappa shape index (κ2) is 13.9. The number of unbranched alkanes of at least 4 members (excludes halogenated alkanes) is 3. The molecule has 1 aliphatic heterocycles. The number of hydrogen-bond acceptors (Lipinski definition) is 3. The molecule has 0 atom stereocenters. The molecule has 138 valence electrons. The first kappa shape index (κ1) is 21.7. The minimum absolute atomic E-state index is 0.896. The first-order valence-corrected chi connectivity index (χ1v) is 18.2. The molecule has 4 heteroatoms. The maximum atomic E-state index is 6.30. The second-order valence-electron chi connectivity index (χ2n) is 7.32. The van der Waals surface area contributed by atoms with Gasteiger partial charge in [0.15, 0.2) is 0 Å². The first-order chi connectivity index (χ1) is 11.3. The van der Waals surface area contributed by atoms with E-state index in [-0.39, 0.29) is 0 Å². The SMILES string of the molecule is CCC[CH2][Sn]([CH2]CCC)([CH2]CCC)[CH2]OCCN1CCOCC1. The summed E-state index contributed by atoms with van der Waals surface area (Å²) in [5.41, 5.74) is 0. The Kier molecular flexibility index (Phi) is 13.1. The van der Waals surface area contributed by atoms with E-state index in [0.717, 1.165) is 39.5 Å². The molecule has 1 aliphatic rings. The molecule has 0 saturated carbocycles. The Hall–Kier alpha value is 0.679. The Balaban J connectivity index is 2.40. The van der Waals surface area contributed by atoms with E-state index in [1.165, 1.54) is 43.1 Å². The van der Waals surface area contributed by atoms with Gasteiger partial charge in [0.05, 0.1) is 0 Å². The van der Waals surface area contributed by atoms with Crippen LogP contribution in [0.1, 0.15) is 59.3 Å². The molecule has 23 heavy (non-hydrogen) atoms. The topological polar surface area (TPSA) is 21.7 Å². The quantitative estimate of drug-likeness (QED) is 0.292. The van der Waals surface area contributed by atoms with Crippen LogP contribution in [0.4, 0.5) is 0 Å². The van der Waals surface area contributed by atoms with Crippen LogP contribution >= 0.6 is 0 Å². The monoisotopic (exact) mass is 435 g/mol. The summed E-state index contributed by atoms with van der Waals surface area (Å²) in [5, 5.41) is 0. The summed E-state index contributed by atoms with van der Waals surface area (Å²) >= 11 is -2.05. The van der Waals surface area contributed by atoms with Gasteiger partial charge in [-0.05, 0) is 0 Å². The van der Waals surface area contributed by atoms with Gasteiger partial charge in [-0.15, -0.1) is 0 Å². The fourth-order valence-electron chi connectivity index (χ4n) is 3.55. The third-order valence-electron chi connectivity index (χ3n) is 5.25. The van der Waals surface area contributed by atoms with Crippen LogP contribution in [0.3, 0.4) is 0 Å². The second-order valence-corrected chi connectivity index (χ2v) is 21.0. The molecule has 0 unspecified atom stereocenters. The van der Waals surface area contributed by atoms with Crippen molar-refractivity contribution >= 4 is 18.4 Å². The summed E-state index contributed by atoms with van der Waals surface area (Å²) in [4.78, 5) is 2.49. The van der Waals surface area contributed by atoms with Crippen molar-refractivity contribution in [3.8, 4) is 0 Å². The molecule has 0 aromatic heterocycles. The van der Waals surface area contributed by atoms with Gasteiger partial charge in [-0.25, -0.2) is 0 Å². The van der Waals surface area contributed by atoms with Gasteiger partial charge in [-0.2, -0.15) is 0 Å². The third kappa shape index (κ3) is 9.66. The van der Waals surface area contributed by atoms with Crippen LogP contribution in [0.15, 0.2) is 0 Å². The molecule has 1 heterocycles. The molecule has 1 fully saturated rings. The summed E-state index contributed by atoms with van der Waals surface area (Å²) < 4.78 is 17.6. The predicted octanol–water partition coefficient (Wildman–Crippen LogP) is 4.72. The molecule has 3 nitrogen and oxygen atoms in total. The summed E-state index contributed by atoms with van der Waals surface area (Å²) in [7, 11) is 0. The van der Waals surface area contributed by atoms with Crippen molar-refractivity contribution in [3.63, 3.8) is 0 Å². The number of rotatable bonds is 14. The van der Waals surface area contributed by atoms with Crippen LogP contribution in [-0.4, -0.2) is 67.4 Å². The molecular weight excluding hydrogens is 393 g/mol. The zero-order chi connectivity index (χ0) is 16.8. The van der Waals surface area contributed by atoms with Crippen LogP contribution < -0.4 is 0 Å². The summed E-state index contributed by atoms with van der Waals surface area (Å²) in [5.74, 6) is 0. The van der Waals surface area contributed by atoms with Gasteiger partial charge in [0.2, 0.25) is 0 Å². The molecule has 0 bridgehead atoms. The normalized spacial score (nSPS) is 16.8. The van der Waals surface area contributed by atoms with E-state index in [1.54, 1.807) is 13.3 Å². The van der Waals surface area contributed by atoms with Crippen molar-refractivity contribution in [2.45, 2.75) is 72.6 Å². The molecule has 1 saturated heterocycles. The van der Waals surface area contributed by atoms with E-state index in [2.05, 4.69) is 25.7 Å². The molecule has 0 radical (unpaired) electrons. The summed E-state index contributed by atoms with van der Waals surface area (Å²) in [6.45, 7) is 13.0. The van der Waals surface area contributed by atoms with Crippen molar-refractivity contribution < 1.29 is 9.47 Å². The average Bonchev–Trinajstić information content (AvgIpc) is 2.60. The summed E-state index contributed by atoms with van der Waals surface area (Å²) in [6.07, 6.45) is 8.38. The Morgan fingerprint density at radius 3 is 1.87 bits per heavy atom. The van der Waals surface area contributed by atoms with Crippen molar-refractivity contribution in [1.82, 2.24) is 4.90 Å². The average molecular weight is 434 g/mol. The number of ether oxygens (including phenoxy) is 2. The van der Waals surface area contributed by atoms with Crippen LogP contribution in [0, 0.1) is 0 Å². The van der Waals surface area contributed by atoms with E-state index < -0.39 is 18.4 Å². The minimum atomic E-state index is -2.05. The zero-order valence-corrected chi connectivity index (χ0v) is 18.9. The Morgan fingerprint density at radius 2 is 1.39 bits per heavy atom. The Labute approximate surface area is 149 Å². The van der Waals surface area contributed by atoms with Gasteiger partial charge in [0.25, 0.3) is 0 Å². The van der Waals surface area contributed by atoms with Crippen LogP contribution in [0.25, 0.3) is 0 Å². The van der Waals surface area contributed by atoms with E-state index in [1.807, 2.05) is 0 Å². The zero-order valence-electron chi connectivity index (χ0n) is 16.1. The third-order valence-corrected chi connectivity index (χ3v) is 19.7. The van der Waals surface area contributed by atoms with Crippen molar-refractivity contribution in [2.24, 2.45) is 0 Å². The van der Waals surface area contributed by atoms with E-state index >= 15 is 0 Å². The number of hydrogen-bond donors (Lipinski definition) is 0. The molecule has 0 aromatic carbocycles. The van der Waals surface area contributed by atoms with Gasteiger partial charge in [0, 0.05) is 0 Å². The van der Waals surface area contributed by atoms with E-state index in [0.29, 0.717) is 0 Å². The number of nitrogens with zero attached hydrogens (tertiary/aromatic N) is 1. The van der Waals surface area contributed by atoms with Crippen molar-refractivity contribution in [2.75, 3.05) is 44.1 Å². The standard InChI is InChI=1S/C7H14NO2.3C4H9.Sn/c1-9-5-2-8-3-6-10-7-4-8;3*1-3-4-2;/h1-7H2;3*1,3-4H2,2H3;. The van der Waals surface area contributed by atoms with E-state index in [9.17, 15) is 0 Å². The van der Waals surface area contributed by atoms with Crippen LogP contribution in [0.2, 0.25) is 13.3 Å². The fourth-order valence-corrected chi connectivity index (χ4v) is 18.0. The number of morpholine rings is 1. The summed E-state index contributed by atoms with van der Waals surface area (Å²) in [6, 6.07) is 0. The molecule has 0 N–H and O–H groups in total. The maximum absolute atomic E-state index is 6.30. The molecule has 0 spiro atoms. The van der Waals surface area contributed by atoms with Crippen LogP contribution in [0.5, 0.6) is 0 Å². The molecule has 0 amide bonds. The first-order valence-electron chi connectivity index (χ1n) is 10.1. The van der Waals surface area contributed by atoms with Crippen LogP contribution in [-0.2, 0) is 9.47 Å². The van der Waals surface area contributed by atoms with Crippen molar-refractivity contribution in [1.29, 1.82) is 0 Å². The Bertz CT molecular complexity index is 248. The molecule has 1 rings (SSSR count). The van der Waals surface area contributed by atoms with Gasteiger partial charge in [-0.3, -0.25) is 0 Å².